The maximum absolute atomic E-state index is 12.0. The third-order valence-corrected chi connectivity index (χ3v) is 3.84. The van der Waals surface area contributed by atoms with E-state index in [1.165, 1.54) is 0 Å². The maximum atomic E-state index is 12.0. The summed E-state index contributed by atoms with van der Waals surface area (Å²) in [6.45, 7) is 2.14. The molecule has 0 unspecified atom stereocenters. The first-order valence-corrected chi connectivity index (χ1v) is 9.24. The van der Waals surface area contributed by atoms with Gasteiger partial charge in [-0.3, -0.25) is 9.71 Å². The molecule has 1 heterocycles. The SMILES string of the molecule is C[C@@H](NC(=O)NCc1cccnc1)c1ccccc1NS(C)(=O)=O. The second-order valence-electron chi connectivity index (χ2n) is 5.37. The van der Waals surface area contributed by atoms with Crippen molar-refractivity contribution in [3.8, 4) is 0 Å². The van der Waals surface area contributed by atoms with Gasteiger partial charge >= 0.3 is 6.03 Å². The van der Waals surface area contributed by atoms with Crippen LogP contribution in [0.25, 0.3) is 0 Å². The van der Waals surface area contributed by atoms with Gasteiger partial charge in [0.25, 0.3) is 0 Å². The molecular weight excluding hydrogens is 328 g/mol. The van der Waals surface area contributed by atoms with Crippen molar-refractivity contribution < 1.29 is 13.2 Å². The minimum Gasteiger partial charge on any atom is -0.334 e. The number of carbonyl (C=O) groups is 1. The molecule has 0 saturated heterocycles. The molecule has 1 atom stereocenters. The Bertz CT molecular complexity index is 794. The first kappa shape index (κ1) is 17.7. The number of aromatic nitrogens is 1. The quantitative estimate of drug-likeness (QED) is 0.743. The van der Waals surface area contributed by atoms with Crippen LogP contribution < -0.4 is 15.4 Å². The Labute approximate surface area is 141 Å². The van der Waals surface area contributed by atoms with Gasteiger partial charge in [-0.1, -0.05) is 24.3 Å². The predicted molar refractivity (Wildman–Crippen MR) is 92.9 cm³/mol. The van der Waals surface area contributed by atoms with Gasteiger partial charge in [-0.15, -0.1) is 0 Å². The van der Waals surface area contributed by atoms with E-state index in [4.69, 9.17) is 0 Å². The van der Waals surface area contributed by atoms with Crippen LogP contribution in [0, 0.1) is 0 Å². The fourth-order valence-corrected chi connectivity index (χ4v) is 2.76. The van der Waals surface area contributed by atoms with Crippen LogP contribution in [0.5, 0.6) is 0 Å². The van der Waals surface area contributed by atoms with Crippen LogP contribution in [0.2, 0.25) is 0 Å². The summed E-state index contributed by atoms with van der Waals surface area (Å²) >= 11 is 0. The monoisotopic (exact) mass is 348 g/mol. The molecule has 0 spiro atoms. The van der Waals surface area contributed by atoms with Crippen molar-refractivity contribution in [2.24, 2.45) is 0 Å². The summed E-state index contributed by atoms with van der Waals surface area (Å²) in [7, 11) is -3.39. The topological polar surface area (TPSA) is 100 Å². The van der Waals surface area contributed by atoms with E-state index in [1.807, 2.05) is 6.07 Å². The smallest absolute Gasteiger partial charge is 0.315 e. The zero-order valence-corrected chi connectivity index (χ0v) is 14.3. The van der Waals surface area contributed by atoms with Crippen molar-refractivity contribution in [3.63, 3.8) is 0 Å². The number of anilines is 1. The highest BCUT2D eigenvalue weighted by Gasteiger charge is 2.14. The van der Waals surface area contributed by atoms with Gasteiger partial charge in [0, 0.05) is 18.9 Å². The van der Waals surface area contributed by atoms with Crippen molar-refractivity contribution >= 4 is 21.7 Å². The highest BCUT2D eigenvalue weighted by Crippen LogP contribution is 2.23. The van der Waals surface area contributed by atoms with Gasteiger partial charge in [0.1, 0.15) is 0 Å². The summed E-state index contributed by atoms with van der Waals surface area (Å²) in [5.74, 6) is 0. The number of hydrogen-bond acceptors (Lipinski definition) is 4. The Morgan fingerprint density at radius 2 is 1.96 bits per heavy atom. The molecule has 7 nitrogen and oxygen atoms in total. The lowest BCUT2D eigenvalue weighted by Gasteiger charge is -2.18. The maximum Gasteiger partial charge on any atom is 0.315 e. The predicted octanol–water partition coefficient (Wildman–Crippen LogP) is 2.01. The zero-order valence-electron chi connectivity index (χ0n) is 13.5. The average molecular weight is 348 g/mol. The highest BCUT2D eigenvalue weighted by molar-refractivity contribution is 7.92. The van der Waals surface area contributed by atoms with Gasteiger partial charge in [0.2, 0.25) is 10.0 Å². The third kappa shape index (κ3) is 5.54. The van der Waals surface area contributed by atoms with Crippen molar-refractivity contribution in [2.45, 2.75) is 19.5 Å². The second kappa shape index (κ2) is 7.78. The Morgan fingerprint density at radius 3 is 2.62 bits per heavy atom. The number of carbonyl (C=O) groups excluding carboxylic acids is 1. The molecular formula is C16H20N4O3S. The molecule has 1 aromatic heterocycles. The van der Waals surface area contributed by atoms with E-state index in [-0.39, 0.29) is 12.1 Å². The average Bonchev–Trinajstić information content (AvgIpc) is 2.53. The van der Waals surface area contributed by atoms with E-state index >= 15 is 0 Å². The van der Waals surface area contributed by atoms with Gasteiger partial charge in [-0.05, 0) is 30.2 Å². The van der Waals surface area contributed by atoms with Gasteiger partial charge in [0.05, 0.1) is 18.0 Å². The summed E-state index contributed by atoms with van der Waals surface area (Å²) in [6, 6.07) is 9.87. The van der Waals surface area contributed by atoms with Crippen LogP contribution in [-0.4, -0.2) is 25.7 Å². The molecule has 24 heavy (non-hydrogen) atoms. The van der Waals surface area contributed by atoms with Crippen molar-refractivity contribution in [2.75, 3.05) is 11.0 Å². The van der Waals surface area contributed by atoms with E-state index in [1.54, 1.807) is 49.6 Å². The lowest BCUT2D eigenvalue weighted by atomic mass is 10.1. The molecule has 3 N–H and O–H groups in total. The van der Waals surface area contributed by atoms with Crippen LogP contribution in [0.1, 0.15) is 24.1 Å². The highest BCUT2D eigenvalue weighted by atomic mass is 32.2. The Hall–Kier alpha value is -2.61. The normalized spacial score (nSPS) is 12.2. The van der Waals surface area contributed by atoms with Crippen LogP contribution in [0.4, 0.5) is 10.5 Å². The molecule has 0 aliphatic heterocycles. The van der Waals surface area contributed by atoms with E-state index in [0.29, 0.717) is 17.8 Å². The van der Waals surface area contributed by atoms with Crippen LogP contribution >= 0.6 is 0 Å². The number of nitrogens with one attached hydrogen (secondary N) is 3. The lowest BCUT2D eigenvalue weighted by Crippen LogP contribution is -2.36. The fraction of sp³-hybridized carbons (Fsp3) is 0.250. The molecule has 0 aliphatic carbocycles. The van der Waals surface area contributed by atoms with E-state index < -0.39 is 10.0 Å². The number of urea groups is 1. The number of hydrogen-bond donors (Lipinski definition) is 3. The van der Waals surface area contributed by atoms with E-state index in [0.717, 1.165) is 11.8 Å². The Balaban J connectivity index is 1.99. The minimum atomic E-state index is -3.39. The number of amides is 2. The number of benzene rings is 1. The molecule has 0 saturated carbocycles. The first-order valence-electron chi connectivity index (χ1n) is 7.35. The van der Waals surface area contributed by atoms with E-state index in [9.17, 15) is 13.2 Å². The van der Waals surface area contributed by atoms with Crippen LogP contribution in [0.15, 0.2) is 48.8 Å². The van der Waals surface area contributed by atoms with Gasteiger partial charge in [-0.25, -0.2) is 13.2 Å². The van der Waals surface area contributed by atoms with Gasteiger partial charge in [0.15, 0.2) is 0 Å². The van der Waals surface area contributed by atoms with E-state index in [2.05, 4.69) is 20.3 Å². The molecule has 0 fully saturated rings. The molecule has 2 amide bonds. The molecule has 8 heteroatoms. The summed E-state index contributed by atoms with van der Waals surface area (Å²) in [5, 5.41) is 5.53. The molecule has 1 aromatic carbocycles. The Kier molecular flexibility index (Phi) is 5.75. The first-order chi connectivity index (χ1) is 11.3. The zero-order chi connectivity index (χ0) is 17.6. The lowest BCUT2D eigenvalue weighted by molar-refractivity contribution is 0.237. The molecule has 0 aliphatic rings. The number of pyridine rings is 1. The Morgan fingerprint density at radius 1 is 1.21 bits per heavy atom. The number of nitrogens with zero attached hydrogens (tertiary/aromatic N) is 1. The fourth-order valence-electron chi connectivity index (χ4n) is 2.18. The molecule has 2 aromatic rings. The molecule has 0 bridgehead atoms. The van der Waals surface area contributed by atoms with Crippen molar-refractivity contribution in [1.82, 2.24) is 15.6 Å². The third-order valence-electron chi connectivity index (χ3n) is 3.25. The van der Waals surface area contributed by atoms with Gasteiger partial charge in [-0.2, -0.15) is 0 Å². The van der Waals surface area contributed by atoms with Crippen molar-refractivity contribution in [3.05, 3.63) is 59.9 Å². The summed E-state index contributed by atoms with van der Waals surface area (Å²) < 4.78 is 25.3. The van der Waals surface area contributed by atoms with Crippen LogP contribution in [-0.2, 0) is 16.6 Å². The largest absolute Gasteiger partial charge is 0.334 e. The number of sulfonamides is 1. The number of rotatable bonds is 6. The van der Waals surface area contributed by atoms with Gasteiger partial charge < -0.3 is 10.6 Å². The number of para-hydroxylation sites is 1. The van der Waals surface area contributed by atoms with Crippen molar-refractivity contribution in [1.29, 1.82) is 0 Å². The second-order valence-corrected chi connectivity index (χ2v) is 7.12. The summed E-state index contributed by atoms with van der Waals surface area (Å²) in [4.78, 5) is 16.0. The molecule has 2 rings (SSSR count). The molecule has 0 radical (unpaired) electrons. The molecule has 128 valence electrons. The van der Waals surface area contributed by atoms with Crippen LogP contribution in [0.3, 0.4) is 0 Å². The summed E-state index contributed by atoms with van der Waals surface area (Å²) in [6.07, 6.45) is 4.43. The minimum absolute atomic E-state index is 0.347. The summed E-state index contributed by atoms with van der Waals surface area (Å²) in [5.41, 5.74) is 2.01. The standard InChI is InChI=1S/C16H20N4O3S/c1-12(14-7-3-4-8-15(14)20-24(2,22)23)19-16(21)18-11-13-6-5-9-17-10-13/h3-10,12,20H,11H2,1-2H3,(H2,18,19,21)/t12-/m1/s1.